The van der Waals surface area contributed by atoms with Gasteiger partial charge < -0.3 is 14.8 Å². The minimum Gasteiger partial charge on any atom is -0.354 e. The number of hydrogen-bond donors (Lipinski definition) is 2. The smallest absolute Gasteiger partial charge is 0.249 e. The van der Waals surface area contributed by atoms with Gasteiger partial charge in [-0.3, -0.25) is 4.79 Å². The van der Waals surface area contributed by atoms with Crippen molar-refractivity contribution < 1.29 is 13.7 Å². The zero-order chi connectivity index (χ0) is 22.9. The number of benzene rings is 2. The van der Waals surface area contributed by atoms with Crippen molar-refractivity contribution in [2.75, 3.05) is 0 Å². The first-order valence-corrected chi connectivity index (χ1v) is 11.5. The number of aromatic nitrogens is 3. The van der Waals surface area contributed by atoms with Gasteiger partial charge in [-0.2, -0.15) is 4.98 Å². The summed E-state index contributed by atoms with van der Waals surface area (Å²) in [6, 6.07) is 14.3. The molecule has 0 saturated heterocycles. The molecule has 2 aromatic carbocycles. The standard InChI is InChI=1S/C26H27FN4O2/c1-15(2)23(26-30-25(31-33-26)17-8-9-17)29-22(32)13-11-19-20-14-18(27)10-12-21(20)28-24(19)16-6-4-3-5-7-16/h3-7,10,12,14-15,17,23,28H,8-9,11,13H2,1-2H3,(H,29,32). The van der Waals surface area contributed by atoms with Crippen LogP contribution in [0.2, 0.25) is 0 Å². The Labute approximate surface area is 191 Å². The molecule has 1 unspecified atom stereocenters. The lowest BCUT2D eigenvalue weighted by atomic mass is 10.00. The molecule has 5 rings (SSSR count). The van der Waals surface area contributed by atoms with E-state index in [1.54, 1.807) is 6.07 Å². The molecule has 6 nitrogen and oxygen atoms in total. The van der Waals surface area contributed by atoms with Crippen LogP contribution in [0.25, 0.3) is 22.2 Å². The number of fused-ring (bicyclic) bond motifs is 1. The van der Waals surface area contributed by atoms with E-state index in [2.05, 4.69) is 20.4 Å². The fourth-order valence-corrected chi connectivity index (χ4v) is 4.21. The molecule has 1 atom stereocenters. The van der Waals surface area contributed by atoms with Crippen molar-refractivity contribution in [1.82, 2.24) is 20.4 Å². The summed E-state index contributed by atoms with van der Waals surface area (Å²) < 4.78 is 19.5. The molecule has 170 valence electrons. The van der Waals surface area contributed by atoms with Gasteiger partial charge in [0.05, 0.1) is 0 Å². The van der Waals surface area contributed by atoms with Gasteiger partial charge >= 0.3 is 0 Å². The van der Waals surface area contributed by atoms with E-state index in [4.69, 9.17) is 4.52 Å². The summed E-state index contributed by atoms with van der Waals surface area (Å²) in [7, 11) is 0. The number of rotatable bonds is 8. The minimum absolute atomic E-state index is 0.100. The van der Waals surface area contributed by atoms with Crippen LogP contribution in [0.5, 0.6) is 0 Å². The van der Waals surface area contributed by atoms with E-state index < -0.39 is 0 Å². The average Bonchev–Trinajstić information content (AvgIpc) is 3.44. The van der Waals surface area contributed by atoms with E-state index in [-0.39, 0.29) is 30.1 Å². The van der Waals surface area contributed by atoms with Crippen molar-refractivity contribution in [1.29, 1.82) is 0 Å². The van der Waals surface area contributed by atoms with E-state index >= 15 is 0 Å². The summed E-state index contributed by atoms with van der Waals surface area (Å²) in [4.78, 5) is 20.9. The van der Waals surface area contributed by atoms with Gasteiger partial charge in [0.15, 0.2) is 5.82 Å². The third-order valence-corrected chi connectivity index (χ3v) is 6.18. The Morgan fingerprint density at radius 1 is 1.21 bits per heavy atom. The van der Waals surface area contributed by atoms with Crippen molar-refractivity contribution in [2.45, 2.75) is 51.5 Å². The van der Waals surface area contributed by atoms with Crippen LogP contribution in [0, 0.1) is 11.7 Å². The summed E-state index contributed by atoms with van der Waals surface area (Å²) in [6.45, 7) is 4.03. The van der Waals surface area contributed by atoms with Crippen LogP contribution in [0.1, 0.15) is 62.3 Å². The van der Waals surface area contributed by atoms with Crippen molar-refractivity contribution in [3.63, 3.8) is 0 Å². The average molecular weight is 447 g/mol. The fourth-order valence-electron chi connectivity index (χ4n) is 4.21. The van der Waals surface area contributed by atoms with Crippen molar-refractivity contribution in [3.8, 4) is 11.3 Å². The molecular formula is C26H27FN4O2. The lowest BCUT2D eigenvalue weighted by Crippen LogP contribution is -2.32. The lowest BCUT2D eigenvalue weighted by molar-refractivity contribution is -0.122. The molecular weight excluding hydrogens is 419 g/mol. The number of hydrogen-bond acceptors (Lipinski definition) is 4. The fraction of sp³-hybridized carbons (Fsp3) is 0.346. The molecule has 2 N–H and O–H groups in total. The summed E-state index contributed by atoms with van der Waals surface area (Å²) in [5, 5.41) is 7.95. The third kappa shape index (κ3) is 4.53. The second-order valence-electron chi connectivity index (χ2n) is 9.09. The molecule has 1 fully saturated rings. The highest BCUT2D eigenvalue weighted by Gasteiger charge is 2.31. The van der Waals surface area contributed by atoms with Crippen LogP contribution >= 0.6 is 0 Å². The highest BCUT2D eigenvalue weighted by atomic mass is 19.1. The molecule has 0 radical (unpaired) electrons. The topological polar surface area (TPSA) is 83.8 Å². The van der Waals surface area contributed by atoms with Crippen LogP contribution in [0.3, 0.4) is 0 Å². The van der Waals surface area contributed by atoms with Gasteiger partial charge in [0.25, 0.3) is 0 Å². The first kappa shape index (κ1) is 21.4. The monoisotopic (exact) mass is 446 g/mol. The van der Waals surface area contributed by atoms with Crippen molar-refractivity contribution in [3.05, 3.63) is 71.6 Å². The number of amides is 1. The van der Waals surface area contributed by atoms with Gasteiger partial charge in [-0.1, -0.05) is 49.3 Å². The summed E-state index contributed by atoms with van der Waals surface area (Å²) in [5.41, 5.74) is 3.70. The predicted octanol–water partition coefficient (Wildman–Crippen LogP) is 5.68. The third-order valence-electron chi connectivity index (χ3n) is 6.18. The highest BCUT2D eigenvalue weighted by Crippen LogP contribution is 2.39. The number of halogens is 1. The highest BCUT2D eigenvalue weighted by molar-refractivity contribution is 5.91. The molecule has 7 heteroatoms. The molecule has 4 aromatic rings. The Balaban J connectivity index is 1.36. The molecule has 2 aromatic heterocycles. The number of aromatic amines is 1. The van der Waals surface area contributed by atoms with Crippen LogP contribution in [0.15, 0.2) is 53.1 Å². The Kier molecular flexibility index (Phi) is 5.70. The van der Waals surface area contributed by atoms with Gasteiger partial charge in [0.1, 0.15) is 11.9 Å². The maximum absolute atomic E-state index is 14.0. The van der Waals surface area contributed by atoms with E-state index in [1.165, 1.54) is 12.1 Å². The zero-order valence-corrected chi connectivity index (χ0v) is 18.8. The molecule has 0 aliphatic heterocycles. The van der Waals surface area contributed by atoms with Crippen molar-refractivity contribution in [2.24, 2.45) is 5.92 Å². The largest absolute Gasteiger partial charge is 0.354 e. The second kappa shape index (κ2) is 8.81. The number of aryl methyl sites for hydroxylation is 1. The Morgan fingerprint density at radius 2 is 2.00 bits per heavy atom. The normalized spacial score (nSPS) is 14.7. The molecule has 1 amide bonds. The Bertz CT molecular complexity index is 1270. The number of H-pyrrole nitrogens is 1. The van der Waals surface area contributed by atoms with Gasteiger partial charge in [-0.15, -0.1) is 0 Å². The van der Waals surface area contributed by atoms with Crippen molar-refractivity contribution >= 4 is 16.8 Å². The summed E-state index contributed by atoms with van der Waals surface area (Å²) >= 11 is 0. The van der Waals surface area contributed by atoms with E-state index in [1.807, 2.05) is 44.2 Å². The molecule has 0 bridgehead atoms. The van der Waals surface area contributed by atoms with Crippen LogP contribution in [-0.4, -0.2) is 21.0 Å². The summed E-state index contributed by atoms with van der Waals surface area (Å²) in [5.74, 6) is 1.28. The Morgan fingerprint density at radius 3 is 2.73 bits per heavy atom. The molecule has 1 aliphatic carbocycles. The van der Waals surface area contributed by atoms with Gasteiger partial charge in [0.2, 0.25) is 11.8 Å². The van der Waals surface area contributed by atoms with Gasteiger partial charge in [0, 0.05) is 28.9 Å². The molecule has 1 aliphatic rings. The van der Waals surface area contributed by atoms with E-state index in [0.717, 1.165) is 46.4 Å². The van der Waals surface area contributed by atoms with Crippen LogP contribution in [0.4, 0.5) is 4.39 Å². The SMILES string of the molecule is CC(C)C(NC(=O)CCc1c(-c2ccccc2)[nH]c2ccc(F)cc12)c1nc(C2CC2)no1. The first-order chi connectivity index (χ1) is 16.0. The maximum atomic E-state index is 14.0. The number of nitrogens with one attached hydrogen (secondary N) is 2. The van der Waals surface area contributed by atoms with Gasteiger partial charge in [-0.05, 0) is 54.5 Å². The predicted molar refractivity (Wildman–Crippen MR) is 124 cm³/mol. The number of carbonyl (C=O) groups is 1. The summed E-state index contributed by atoms with van der Waals surface area (Å²) in [6.07, 6.45) is 2.91. The quantitative estimate of drug-likeness (QED) is 0.365. The maximum Gasteiger partial charge on any atom is 0.249 e. The van der Waals surface area contributed by atoms with E-state index in [0.29, 0.717) is 18.2 Å². The van der Waals surface area contributed by atoms with E-state index in [9.17, 15) is 9.18 Å². The lowest BCUT2D eigenvalue weighted by Gasteiger charge is -2.18. The molecule has 2 heterocycles. The van der Waals surface area contributed by atoms with Crippen LogP contribution in [-0.2, 0) is 11.2 Å². The zero-order valence-electron chi connectivity index (χ0n) is 18.8. The number of nitrogens with zero attached hydrogens (tertiary/aromatic N) is 2. The van der Waals surface area contributed by atoms with Crippen LogP contribution < -0.4 is 5.32 Å². The Hall–Kier alpha value is -3.48. The number of carbonyl (C=O) groups excluding carboxylic acids is 1. The van der Waals surface area contributed by atoms with Gasteiger partial charge in [-0.25, -0.2) is 4.39 Å². The molecule has 0 spiro atoms. The molecule has 33 heavy (non-hydrogen) atoms. The minimum atomic E-state index is -0.341. The molecule has 1 saturated carbocycles. The first-order valence-electron chi connectivity index (χ1n) is 11.5. The second-order valence-corrected chi connectivity index (χ2v) is 9.09.